The maximum atomic E-state index is 9.31. The summed E-state index contributed by atoms with van der Waals surface area (Å²) in [7, 11) is 1.54. The van der Waals surface area contributed by atoms with Crippen molar-refractivity contribution in [1.82, 2.24) is 0 Å². The van der Waals surface area contributed by atoms with Crippen LogP contribution >= 0.6 is 11.6 Å². The molecule has 1 aromatic carbocycles. The smallest absolute Gasteiger partial charge is 0.166 e. The molecule has 0 spiro atoms. The average molecular weight is 289 g/mol. The van der Waals surface area contributed by atoms with E-state index in [-0.39, 0.29) is 6.61 Å². The summed E-state index contributed by atoms with van der Waals surface area (Å²) in [5.41, 5.74) is 0.609. The molecule has 19 heavy (non-hydrogen) atoms. The number of ether oxygens (including phenoxy) is 3. The predicted molar refractivity (Wildman–Crippen MR) is 75.1 cm³/mol. The first-order valence-electron chi connectivity index (χ1n) is 6.40. The second-order valence-corrected chi connectivity index (χ2v) is 4.51. The number of aliphatic hydroxyl groups is 1. The van der Waals surface area contributed by atoms with Crippen molar-refractivity contribution in [3.63, 3.8) is 0 Å². The van der Waals surface area contributed by atoms with Crippen molar-refractivity contribution in [2.45, 2.75) is 26.4 Å². The van der Waals surface area contributed by atoms with Gasteiger partial charge in [-0.1, -0.05) is 24.9 Å². The van der Waals surface area contributed by atoms with Crippen molar-refractivity contribution in [3.05, 3.63) is 22.7 Å². The summed E-state index contributed by atoms with van der Waals surface area (Å²) >= 11 is 5.93. The summed E-state index contributed by atoms with van der Waals surface area (Å²) in [4.78, 5) is 0. The number of aliphatic hydroxyl groups excluding tert-OH is 1. The van der Waals surface area contributed by atoms with Crippen LogP contribution in [-0.2, 0) is 11.3 Å². The molecule has 0 aliphatic carbocycles. The average Bonchev–Trinajstić information content (AvgIpc) is 2.43. The van der Waals surface area contributed by atoms with Crippen molar-refractivity contribution >= 4 is 11.6 Å². The van der Waals surface area contributed by atoms with Gasteiger partial charge in [-0.3, -0.25) is 0 Å². The summed E-state index contributed by atoms with van der Waals surface area (Å²) in [6.07, 6.45) is 2.16. The third-order valence-electron chi connectivity index (χ3n) is 2.60. The zero-order valence-electron chi connectivity index (χ0n) is 11.4. The molecule has 0 saturated carbocycles. The number of halogens is 1. The van der Waals surface area contributed by atoms with E-state index < -0.39 is 0 Å². The maximum absolute atomic E-state index is 9.31. The SMILES string of the molecule is CCCCOCCOc1c(CO)cc(Cl)cc1OC. The molecule has 0 amide bonds. The Bertz CT molecular complexity index is 357. The minimum atomic E-state index is -0.150. The fraction of sp³-hybridized carbons (Fsp3) is 0.571. The van der Waals surface area contributed by atoms with Gasteiger partial charge in [-0.05, 0) is 12.5 Å². The van der Waals surface area contributed by atoms with Gasteiger partial charge in [0.15, 0.2) is 11.5 Å². The Morgan fingerprint density at radius 3 is 2.63 bits per heavy atom. The van der Waals surface area contributed by atoms with Crippen LogP contribution in [-0.4, -0.2) is 32.0 Å². The zero-order valence-corrected chi connectivity index (χ0v) is 12.2. The molecule has 0 unspecified atom stereocenters. The molecule has 0 saturated heterocycles. The molecule has 0 atom stereocenters. The van der Waals surface area contributed by atoms with E-state index in [0.29, 0.717) is 35.3 Å². The summed E-state index contributed by atoms with van der Waals surface area (Å²) in [6, 6.07) is 3.32. The number of rotatable bonds is 9. The number of unbranched alkanes of at least 4 members (excludes halogenated alkanes) is 1. The van der Waals surface area contributed by atoms with Crippen LogP contribution in [0.15, 0.2) is 12.1 Å². The van der Waals surface area contributed by atoms with E-state index in [1.165, 1.54) is 7.11 Å². The van der Waals surface area contributed by atoms with Gasteiger partial charge in [0.25, 0.3) is 0 Å². The Balaban J connectivity index is 2.56. The Kier molecular flexibility index (Phi) is 7.63. The number of methoxy groups -OCH3 is 1. The predicted octanol–water partition coefficient (Wildman–Crippen LogP) is 3.04. The van der Waals surface area contributed by atoms with Crippen LogP contribution in [0.3, 0.4) is 0 Å². The van der Waals surface area contributed by atoms with E-state index >= 15 is 0 Å². The Hall–Kier alpha value is -0.970. The first-order chi connectivity index (χ1) is 9.22. The van der Waals surface area contributed by atoms with Crippen LogP contribution in [0.25, 0.3) is 0 Å². The summed E-state index contributed by atoms with van der Waals surface area (Å²) in [6.45, 7) is 3.63. The van der Waals surface area contributed by atoms with Crippen LogP contribution in [0.2, 0.25) is 5.02 Å². The largest absolute Gasteiger partial charge is 0.493 e. The highest BCUT2D eigenvalue weighted by atomic mass is 35.5. The number of hydrogen-bond acceptors (Lipinski definition) is 4. The van der Waals surface area contributed by atoms with Crippen LogP contribution in [0, 0.1) is 0 Å². The second kappa shape index (κ2) is 9.02. The standard InChI is InChI=1S/C14H21ClO4/c1-3-4-5-18-6-7-19-14-11(10-16)8-12(15)9-13(14)17-2/h8-9,16H,3-7,10H2,1-2H3. The van der Waals surface area contributed by atoms with E-state index in [1.807, 2.05) is 0 Å². The monoisotopic (exact) mass is 288 g/mol. The van der Waals surface area contributed by atoms with Gasteiger partial charge in [0.1, 0.15) is 6.61 Å². The fourth-order valence-electron chi connectivity index (χ4n) is 1.61. The zero-order chi connectivity index (χ0) is 14.1. The normalized spacial score (nSPS) is 10.5. The Morgan fingerprint density at radius 1 is 1.21 bits per heavy atom. The molecule has 0 heterocycles. The fourth-order valence-corrected chi connectivity index (χ4v) is 1.84. The van der Waals surface area contributed by atoms with Crippen molar-refractivity contribution < 1.29 is 19.3 Å². The van der Waals surface area contributed by atoms with Gasteiger partial charge in [0.2, 0.25) is 0 Å². The third-order valence-corrected chi connectivity index (χ3v) is 2.82. The van der Waals surface area contributed by atoms with Gasteiger partial charge >= 0.3 is 0 Å². The molecule has 108 valence electrons. The van der Waals surface area contributed by atoms with E-state index in [1.54, 1.807) is 12.1 Å². The highest BCUT2D eigenvalue weighted by molar-refractivity contribution is 6.30. The highest BCUT2D eigenvalue weighted by Gasteiger charge is 2.12. The number of hydrogen-bond donors (Lipinski definition) is 1. The van der Waals surface area contributed by atoms with Crippen LogP contribution in [0.4, 0.5) is 0 Å². The van der Waals surface area contributed by atoms with Crippen molar-refractivity contribution in [1.29, 1.82) is 0 Å². The van der Waals surface area contributed by atoms with Gasteiger partial charge in [-0.15, -0.1) is 0 Å². The first kappa shape index (κ1) is 16.1. The van der Waals surface area contributed by atoms with Gasteiger partial charge in [-0.2, -0.15) is 0 Å². The van der Waals surface area contributed by atoms with Crippen molar-refractivity contribution in [2.75, 3.05) is 26.9 Å². The summed E-state index contributed by atoms with van der Waals surface area (Å²) in [5.74, 6) is 1.04. The molecule has 1 N–H and O–H groups in total. The second-order valence-electron chi connectivity index (χ2n) is 4.07. The molecule has 5 heteroatoms. The molecule has 0 bridgehead atoms. The van der Waals surface area contributed by atoms with Gasteiger partial charge in [-0.25, -0.2) is 0 Å². The minimum Gasteiger partial charge on any atom is -0.493 e. The lowest BCUT2D eigenvalue weighted by molar-refractivity contribution is 0.0960. The first-order valence-corrected chi connectivity index (χ1v) is 6.78. The lowest BCUT2D eigenvalue weighted by Gasteiger charge is -2.14. The lowest BCUT2D eigenvalue weighted by Crippen LogP contribution is -2.09. The molecule has 1 rings (SSSR count). The van der Waals surface area contributed by atoms with Gasteiger partial charge in [0.05, 0.1) is 20.3 Å². The number of benzene rings is 1. The third kappa shape index (κ3) is 5.27. The maximum Gasteiger partial charge on any atom is 0.166 e. The summed E-state index contributed by atoms with van der Waals surface area (Å²) in [5, 5.41) is 9.82. The van der Waals surface area contributed by atoms with E-state index in [4.69, 9.17) is 25.8 Å². The van der Waals surface area contributed by atoms with Crippen LogP contribution < -0.4 is 9.47 Å². The van der Waals surface area contributed by atoms with E-state index in [9.17, 15) is 5.11 Å². The van der Waals surface area contributed by atoms with E-state index in [2.05, 4.69) is 6.92 Å². The Labute approximate surface area is 119 Å². The molecular weight excluding hydrogens is 268 g/mol. The topological polar surface area (TPSA) is 47.9 Å². The molecule has 0 fully saturated rings. The highest BCUT2D eigenvalue weighted by Crippen LogP contribution is 2.34. The molecule has 0 aliphatic heterocycles. The molecule has 0 aromatic heterocycles. The quantitative estimate of drug-likeness (QED) is 0.710. The minimum absolute atomic E-state index is 0.150. The van der Waals surface area contributed by atoms with Crippen LogP contribution in [0.1, 0.15) is 25.3 Å². The van der Waals surface area contributed by atoms with Crippen molar-refractivity contribution in [3.8, 4) is 11.5 Å². The molecular formula is C14H21ClO4. The lowest BCUT2D eigenvalue weighted by atomic mass is 10.2. The molecule has 1 aromatic rings. The summed E-state index contributed by atoms with van der Waals surface area (Å²) < 4.78 is 16.2. The van der Waals surface area contributed by atoms with Crippen molar-refractivity contribution in [2.24, 2.45) is 0 Å². The molecule has 0 radical (unpaired) electrons. The molecule has 0 aliphatic rings. The van der Waals surface area contributed by atoms with Gasteiger partial charge < -0.3 is 19.3 Å². The van der Waals surface area contributed by atoms with Crippen LogP contribution in [0.5, 0.6) is 11.5 Å². The Morgan fingerprint density at radius 2 is 2.00 bits per heavy atom. The molecule has 4 nitrogen and oxygen atoms in total. The van der Waals surface area contributed by atoms with Gasteiger partial charge in [0, 0.05) is 23.3 Å². The van der Waals surface area contributed by atoms with E-state index in [0.717, 1.165) is 19.4 Å².